The second-order valence-electron chi connectivity index (χ2n) is 15.3. The van der Waals surface area contributed by atoms with Crippen LogP contribution in [0.4, 0.5) is 0 Å². The Morgan fingerprint density at radius 3 is 2.44 bits per heavy atom. The molecule has 0 saturated heterocycles. The van der Waals surface area contributed by atoms with Crippen LogP contribution in [0.15, 0.2) is 36.1 Å². The fourth-order valence-electron chi connectivity index (χ4n) is 11.0. The number of rotatable bonds is 9. The van der Waals surface area contributed by atoms with Crippen molar-refractivity contribution in [1.82, 2.24) is 5.32 Å². The maximum Gasteiger partial charge on any atom is 0.294 e. The quantitative estimate of drug-likeness (QED) is 0.308. The van der Waals surface area contributed by atoms with Gasteiger partial charge in [0.05, 0.1) is 12.2 Å². The van der Waals surface area contributed by atoms with Crippen LogP contribution in [0.1, 0.15) is 117 Å². The summed E-state index contributed by atoms with van der Waals surface area (Å²) in [5, 5.41) is 2.41. The molecule has 1 aromatic carbocycles. The molecule has 1 aliphatic heterocycles. The standard InChI is InChI=1S/C37H53NO3/c1-24(23-41-33-32(34(39)38-35(33)40)26-13-6-5-7-14-26)11-10-12-25(2)29-18-19-30-28-17-16-27-15-8-9-21-36(27,3)31(28)20-22-37(29,30)4/h5-7,13-14,24-25,27-31H,8-12,15-23H2,1-4H3,(H,38,39,40)/t24?,25-,27?,28+,29-,30+,31+,36+,37-/m1/s1. The molecule has 0 bridgehead atoms. The van der Waals surface area contributed by atoms with E-state index in [1.807, 2.05) is 30.3 Å². The molecule has 1 N–H and O–H groups in total. The van der Waals surface area contributed by atoms with Gasteiger partial charge >= 0.3 is 0 Å². The first kappa shape index (κ1) is 29.0. The van der Waals surface area contributed by atoms with Crippen LogP contribution in [-0.2, 0) is 14.3 Å². The topological polar surface area (TPSA) is 55.4 Å². The third-order valence-electron chi connectivity index (χ3n) is 13.2. The van der Waals surface area contributed by atoms with Crippen molar-refractivity contribution >= 4 is 17.4 Å². The van der Waals surface area contributed by atoms with Crippen molar-refractivity contribution in [3.8, 4) is 0 Å². The fourth-order valence-corrected chi connectivity index (χ4v) is 11.0. The average Bonchev–Trinajstić information content (AvgIpc) is 3.46. The highest BCUT2D eigenvalue weighted by Crippen LogP contribution is 2.68. The molecule has 4 nitrogen and oxygen atoms in total. The van der Waals surface area contributed by atoms with Crippen LogP contribution in [0.5, 0.6) is 0 Å². The van der Waals surface area contributed by atoms with E-state index in [0.717, 1.165) is 47.5 Å². The Labute approximate surface area is 248 Å². The number of amides is 2. The van der Waals surface area contributed by atoms with Crippen LogP contribution in [0.25, 0.3) is 5.57 Å². The number of benzene rings is 1. The molecule has 5 aliphatic rings. The predicted octanol–water partition coefficient (Wildman–Crippen LogP) is 8.56. The number of ether oxygens (including phenoxy) is 1. The van der Waals surface area contributed by atoms with Crippen LogP contribution in [0.3, 0.4) is 0 Å². The van der Waals surface area contributed by atoms with E-state index in [-0.39, 0.29) is 11.7 Å². The number of hydrogen-bond donors (Lipinski definition) is 1. The molecule has 2 amide bonds. The lowest BCUT2D eigenvalue weighted by Gasteiger charge is -2.61. The first-order valence-corrected chi connectivity index (χ1v) is 17.0. The van der Waals surface area contributed by atoms with Crippen molar-refractivity contribution in [1.29, 1.82) is 0 Å². The molecule has 0 radical (unpaired) electrons. The molecule has 41 heavy (non-hydrogen) atoms. The van der Waals surface area contributed by atoms with Gasteiger partial charge in [0, 0.05) is 0 Å². The van der Waals surface area contributed by atoms with Gasteiger partial charge in [0.25, 0.3) is 11.8 Å². The minimum Gasteiger partial charge on any atom is -0.487 e. The summed E-state index contributed by atoms with van der Waals surface area (Å²) in [5.41, 5.74) is 2.26. The van der Waals surface area contributed by atoms with Gasteiger partial charge in [0.15, 0.2) is 5.76 Å². The van der Waals surface area contributed by atoms with E-state index < -0.39 is 5.91 Å². The Morgan fingerprint density at radius 1 is 0.854 bits per heavy atom. The van der Waals surface area contributed by atoms with Crippen LogP contribution in [0, 0.1) is 52.3 Å². The Hall–Kier alpha value is -2.10. The van der Waals surface area contributed by atoms with Crippen molar-refractivity contribution in [2.24, 2.45) is 52.3 Å². The molecule has 4 heteroatoms. The van der Waals surface area contributed by atoms with Gasteiger partial charge in [-0.2, -0.15) is 0 Å². The average molecular weight is 560 g/mol. The van der Waals surface area contributed by atoms with Crippen LogP contribution >= 0.6 is 0 Å². The third kappa shape index (κ3) is 5.20. The summed E-state index contributed by atoms with van der Waals surface area (Å²) >= 11 is 0. The van der Waals surface area contributed by atoms with E-state index in [0.29, 0.717) is 28.9 Å². The minimum absolute atomic E-state index is 0.179. The number of fused-ring (bicyclic) bond motifs is 5. The van der Waals surface area contributed by atoms with Gasteiger partial charge < -0.3 is 4.74 Å². The first-order valence-electron chi connectivity index (χ1n) is 17.0. The zero-order valence-electron chi connectivity index (χ0n) is 26.1. The van der Waals surface area contributed by atoms with Crippen molar-refractivity contribution in [3.63, 3.8) is 0 Å². The molecular weight excluding hydrogens is 506 g/mol. The third-order valence-corrected chi connectivity index (χ3v) is 13.2. The van der Waals surface area contributed by atoms with Crippen molar-refractivity contribution in [3.05, 3.63) is 41.7 Å². The highest BCUT2D eigenvalue weighted by Gasteiger charge is 2.60. The summed E-state index contributed by atoms with van der Waals surface area (Å²) in [7, 11) is 0. The van der Waals surface area contributed by atoms with Gasteiger partial charge in [0.2, 0.25) is 0 Å². The van der Waals surface area contributed by atoms with Crippen LogP contribution in [0.2, 0.25) is 0 Å². The molecule has 2 unspecified atom stereocenters. The van der Waals surface area contributed by atoms with Crippen molar-refractivity contribution < 1.29 is 14.3 Å². The van der Waals surface area contributed by atoms with Gasteiger partial charge in [-0.3, -0.25) is 14.9 Å². The van der Waals surface area contributed by atoms with E-state index in [2.05, 4.69) is 33.0 Å². The lowest BCUT2D eigenvalue weighted by Crippen LogP contribution is -2.53. The number of imide groups is 1. The largest absolute Gasteiger partial charge is 0.487 e. The molecule has 1 heterocycles. The SMILES string of the molecule is CC(CCC[C@@H](C)[C@H]1CC[C@H]2[C@@H]3CCC4CCCC[C@]4(C)[C@H]3CC[C@]12C)COC1=C(c2ccccc2)C(=O)NC1=O. The molecule has 0 spiro atoms. The van der Waals surface area contributed by atoms with Crippen molar-refractivity contribution in [2.45, 2.75) is 111 Å². The zero-order valence-corrected chi connectivity index (χ0v) is 26.1. The van der Waals surface area contributed by atoms with E-state index in [4.69, 9.17) is 4.74 Å². The predicted molar refractivity (Wildman–Crippen MR) is 164 cm³/mol. The zero-order chi connectivity index (χ0) is 28.8. The summed E-state index contributed by atoms with van der Waals surface area (Å²) < 4.78 is 6.00. The van der Waals surface area contributed by atoms with Gasteiger partial charge in [-0.15, -0.1) is 0 Å². The second-order valence-corrected chi connectivity index (χ2v) is 15.3. The summed E-state index contributed by atoms with van der Waals surface area (Å²) in [4.78, 5) is 24.9. The molecule has 6 rings (SSSR count). The lowest BCUT2D eigenvalue weighted by atomic mass is 9.44. The molecule has 0 aromatic heterocycles. The monoisotopic (exact) mass is 559 g/mol. The highest BCUT2D eigenvalue weighted by molar-refractivity contribution is 6.35. The summed E-state index contributed by atoms with van der Waals surface area (Å²) in [6.07, 6.45) is 18.4. The molecule has 9 atom stereocenters. The normalized spacial score (nSPS) is 38.1. The molecule has 224 valence electrons. The van der Waals surface area contributed by atoms with E-state index in [9.17, 15) is 9.59 Å². The lowest BCUT2D eigenvalue weighted by molar-refractivity contribution is -0.125. The van der Waals surface area contributed by atoms with Crippen LogP contribution < -0.4 is 5.32 Å². The fraction of sp³-hybridized carbons (Fsp3) is 0.730. The maximum atomic E-state index is 12.4. The van der Waals surface area contributed by atoms with Crippen molar-refractivity contribution in [2.75, 3.05) is 6.61 Å². The van der Waals surface area contributed by atoms with Gasteiger partial charge in [0.1, 0.15) is 0 Å². The second kappa shape index (κ2) is 11.5. The first-order chi connectivity index (χ1) is 19.7. The Bertz CT molecular complexity index is 1160. The van der Waals surface area contributed by atoms with E-state index in [1.165, 1.54) is 77.0 Å². The van der Waals surface area contributed by atoms with E-state index in [1.54, 1.807) is 0 Å². The smallest absolute Gasteiger partial charge is 0.294 e. The summed E-state index contributed by atoms with van der Waals surface area (Å²) in [6.45, 7) is 10.6. The minimum atomic E-state index is -0.417. The molecule has 4 fully saturated rings. The Morgan fingerprint density at radius 2 is 1.63 bits per heavy atom. The summed E-state index contributed by atoms with van der Waals surface area (Å²) in [5.74, 6) is 5.30. The molecule has 4 saturated carbocycles. The maximum absolute atomic E-state index is 12.4. The Kier molecular flexibility index (Phi) is 8.15. The molecular formula is C37H53NO3. The number of carbonyl (C=O) groups excluding carboxylic acids is 2. The van der Waals surface area contributed by atoms with Gasteiger partial charge in [-0.1, -0.05) is 83.7 Å². The van der Waals surface area contributed by atoms with Crippen LogP contribution in [-0.4, -0.2) is 18.4 Å². The molecule has 1 aromatic rings. The van der Waals surface area contributed by atoms with Gasteiger partial charge in [-0.05, 0) is 116 Å². The van der Waals surface area contributed by atoms with E-state index >= 15 is 0 Å². The Balaban J connectivity index is 1.01. The summed E-state index contributed by atoms with van der Waals surface area (Å²) in [6, 6.07) is 9.36. The number of hydrogen-bond acceptors (Lipinski definition) is 3. The van der Waals surface area contributed by atoms with Gasteiger partial charge in [-0.25, -0.2) is 0 Å². The number of nitrogens with one attached hydrogen (secondary N) is 1. The number of carbonyl (C=O) groups is 2. The highest BCUT2D eigenvalue weighted by atomic mass is 16.5. The molecule has 4 aliphatic carbocycles.